The van der Waals surface area contributed by atoms with Gasteiger partial charge in [-0.1, -0.05) is 6.07 Å². The van der Waals surface area contributed by atoms with E-state index in [9.17, 15) is 9.59 Å². The van der Waals surface area contributed by atoms with Crippen molar-refractivity contribution in [1.82, 2.24) is 4.90 Å². The molecule has 1 heterocycles. The van der Waals surface area contributed by atoms with Crippen LogP contribution in [0.3, 0.4) is 0 Å². The number of urea groups is 1. The van der Waals surface area contributed by atoms with E-state index in [-0.39, 0.29) is 12.6 Å². The van der Waals surface area contributed by atoms with Crippen molar-refractivity contribution in [3.63, 3.8) is 0 Å². The highest BCUT2D eigenvalue weighted by molar-refractivity contribution is 5.90. The van der Waals surface area contributed by atoms with Gasteiger partial charge in [0.05, 0.1) is 17.6 Å². The van der Waals surface area contributed by atoms with E-state index in [4.69, 9.17) is 15.1 Å². The van der Waals surface area contributed by atoms with Gasteiger partial charge in [-0.05, 0) is 49.2 Å². The molecule has 2 aromatic rings. The second-order valence-electron chi connectivity index (χ2n) is 6.32. The van der Waals surface area contributed by atoms with Gasteiger partial charge in [0.25, 0.3) is 0 Å². The van der Waals surface area contributed by atoms with Crippen LogP contribution in [-0.4, -0.2) is 35.1 Å². The second-order valence-corrected chi connectivity index (χ2v) is 6.32. The SMILES string of the molecule is N#Cc1ccc(Oc2cccc(NC(=O)N3CCCC(C(=O)O)C3)c2)cc1. The Morgan fingerprint density at radius 1 is 1.19 bits per heavy atom. The lowest BCUT2D eigenvalue weighted by molar-refractivity contribution is -0.143. The van der Waals surface area contributed by atoms with E-state index in [1.165, 1.54) is 4.90 Å². The molecule has 27 heavy (non-hydrogen) atoms. The summed E-state index contributed by atoms with van der Waals surface area (Å²) in [4.78, 5) is 25.1. The average Bonchev–Trinajstić information content (AvgIpc) is 2.69. The highest BCUT2D eigenvalue weighted by Crippen LogP contribution is 2.25. The number of carboxylic acids is 1. The Bertz CT molecular complexity index is 874. The van der Waals surface area contributed by atoms with Crippen LogP contribution in [0.1, 0.15) is 18.4 Å². The fraction of sp³-hybridized carbons (Fsp3) is 0.250. The molecular weight excluding hydrogens is 346 g/mol. The number of benzene rings is 2. The average molecular weight is 365 g/mol. The van der Waals surface area contributed by atoms with Gasteiger partial charge in [0, 0.05) is 24.8 Å². The molecule has 0 spiro atoms. The lowest BCUT2D eigenvalue weighted by Gasteiger charge is -2.30. The monoisotopic (exact) mass is 365 g/mol. The molecule has 0 aromatic heterocycles. The van der Waals surface area contributed by atoms with Crippen molar-refractivity contribution in [2.24, 2.45) is 5.92 Å². The number of nitrogens with one attached hydrogen (secondary N) is 1. The normalized spacial score (nSPS) is 16.3. The van der Waals surface area contributed by atoms with Crippen LogP contribution >= 0.6 is 0 Å². The zero-order chi connectivity index (χ0) is 19.2. The molecule has 7 heteroatoms. The van der Waals surface area contributed by atoms with Crippen molar-refractivity contribution in [3.8, 4) is 17.6 Å². The number of aliphatic carboxylic acids is 1. The molecule has 1 aliphatic heterocycles. The summed E-state index contributed by atoms with van der Waals surface area (Å²) in [6, 6.07) is 15.4. The van der Waals surface area contributed by atoms with E-state index in [1.807, 2.05) is 6.07 Å². The van der Waals surface area contributed by atoms with Crippen LogP contribution in [0.2, 0.25) is 0 Å². The second kappa shape index (κ2) is 8.23. The Hall–Kier alpha value is -3.53. The number of carboxylic acid groups (broad SMARTS) is 1. The van der Waals surface area contributed by atoms with Crippen LogP contribution in [0, 0.1) is 17.2 Å². The molecular formula is C20H19N3O4. The molecule has 1 fully saturated rings. The standard InChI is InChI=1S/C20H19N3O4/c21-12-14-6-8-17(9-7-14)27-18-5-1-4-16(11-18)22-20(26)23-10-2-3-15(13-23)19(24)25/h1,4-9,11,15H,2-3,10,13H2,(H,22,26)(H,24,25). The number of carbonyl (C=O) groups excluding carboxylic acids is 1. The number of hydrogen-bond acceptors (Lipinski definition) is 4. The fourth-order valence-electron chi connectivity index (χ4n) is 2.94. The van der Waals surface area contributed by atoms with Crippen molar-refractivity contribution < 1.29 is 19.4 Å². The Morgan fingerprint density at radius 3 is 2.67 bits per heavy atom. The van der Waals surface area contributed by atoms with Crippen molar-refractivity contribution in [2.75, 3.05) is 18.4 Å². The third-order valence-corrected chi connectivity index (χ3v) is 4.36. The van der Waals surface area contributed by atoms with Gasteiger partial charge < -0.3 is 20.1 Å². The van der Waals surface area contributed by atoms with Gasteiger partial charge in [0.2, 0.25) is 0 Å². The predicted octanol–water partition coefficient (Wildman–Crippen LogP) is 3.68. The molecule has 7 nitrogen and oxygen atoms in total. The lowest BCUT2D eigenvalue weighted by Crippen LogP contribution is -2.44. The molecule has 138 valence electrons. The number of rotatable bonds is 4. The smallest absolute Gasteiger partial charge is 0.321 e. The van der Waals surface area contributed by atoms with Crippen LogP contribution in [0.5, 0.6) is 11.5 Å². The molecule has 2 N–H and O–H groups in total. The third-order valence-electron chi connectivity index (χ3n) is 4.36. The number of nitriles is 1. The van der Waals surface area contributed by atoms with E-state index < -0.39 is 11.9 Å². The molecule has 2 amide bonds. The first-order valence-electron chi connectivity index (χ1n) is 8.62. The van der Waals surface area contributed by atoms with Gasteiger partial charge in [-0.15, -0.1) is 0 Å². The molecule has 1 aliphatic rings. The summed E-state index contributed by atoms with van der Waals surface area (Å²) in [6.45, 7) is 0.750. The summed E-state index contributed by atoms with van der Waals surface area (Å²) < 4.78 is 5.74. The number of nitrogens with zero attached hydrogens (tertiary/aromatic N) is 2. The first-order valence-corrected chi connectivity index (χ1v) is 8.62. The number of anilines is 1. The number of carbonyl (C=O) groups is 2. The minimum atomic E-state index is -0.870. The first kappa shape index (κ1) is 18.3. The molecule has 0 saturated carbocycles. The van der Waals surface area contributed by atoms with Gasteiger partial charge in [-0.2, -0.15) is 5.26 Å². The summed E-state index contributed by atoms with van der Waals surface area (Å²) in [5, 5.41) is 20.8. The Balaban J connectivity index is 1.63. The number of hydrogen-bond donors (Lipinski definition) is 2. The maximum Gasteiger partial charge on any atom is 0.321 e. The van der Waals surface area contributed by atoms with Crippen LogP contribution in [0.15, 0.2) is 48.5 Å². The molecule has 1 saturated heterocycles. The zero-order valence-corrected chi connectivity index (χ0v) is 14.6. The van der Waals surface area contributed by atoms with E-state index in [0.29, 0.717) is 42.1 Å². The molecule has 3 rings (SSSR count). The minimum absolute atomic E-state index is 0.211. The van der Waals surface area contributed by atoms with Gasteiger partial charge in [0.1, 0.15) is 11.5 Å². The van der Waals surface area contributed by atoms with Crippen LogP contribution < -0.4 is 10.1 Å². The van der Waals surface area contributed by atoms with Crippen LogP contribution in [0.4, 0.5) is 10.5 Å². The first-order chi connectivity index (χ1) is 13.0. The number of amides is 2. The molecule has 0 bridgehead atoms. The van der Waals surface area contributed by atoms with Crippen molar-refractivity contribution >= 4 is 17.7 Å². The highest BCUT2D eigenvalue weighted by atomic mass is 16.5. The fourth-order valence-corrected chi connectivity index (χ4v) is 2.94. The number of ether oxygens (including phenoxy) is 1. The summed E-state index contributed by atoms with van der Waals surface area (Å²) in [7, 11) is 0. The highest BCUT2D eigenvalue weighted by Gasteiger charge is 2.28. The predicted molar refractivity (Wildman–Crippen MR) is 98.6 cm³/mol. The Morgan fingerprint density at radius 2 is 1.96 bits per heavy atom. The van der Waals surface area contributed by atoms with Crippen molar-refractivity contribution in [3.05, 3.63) is 54.1 Å². The molecule has 1 unspecified atom stereocenters. The van der Waals surface area contributed by atoms with E-state index >= 15 is 0 Å². The topological polar surface area (TPSA) is 103 Å². The zero-order valence-electron chi connectivity index (χ0n) is 14.6. The van der Waals surface area contributed by atoms with Crippen LogP contribution in [-0.2, 0) is 4.79 Å². The van der Waals surface area contributed by atoms with E-state index in [2.05, 4.69) is 5.32 Å². The van der Waals surface area contributed by atoms with Gasteiger partial charge in [-0.25, -0.2) is 4.79 Å². The van der Waals surface area contributed by atoms with E-state index in [0.717, 1.165) is 0 Å². The minimum Gasteiger partial charge on any atom is -0.481 e. The number of likely N-dealkylation sites (tertiary alicyclic amines) is 1. The quantitative estimate of drug-likeness (QED) is 0.860. The third kappa shape index (κ3) is 4.76. The van der Waals surface area contributed by atoms with Crippen LogP contribution in [0.25, 0.3) is 0 Å². The number of piperidine rings is 1. The largest absolute Gasteiger partial charge is 0.481 e. The Kier molecular flexibility index (Phi) is 5.57. The van der Waals surface area contributed by atoms with Gasteiger partial charge >= 0.3 is 12.0 Å². The van der Waals surface area contributed by atoms with Crippen molar-refractivity contribution in [1.29, 1.82) is 5.26 Å². The van der Waals surface area contributed by atoms with E-state index in [1.54, 1.807) is 48.5 Å². The lowest BCUT2D eigenvalue weighted by atomic mass is 9.99. The maximum atomic E-state index is 12.4. The molecule has 0 aliphatic carbocycles. The van der Waals surface area contributed by atoms with Gasteiger partial charge in [-0.3, -0.25) is 4.79 Å². The molecule has 1 atom stereocenters. The van der Waals surface area contributed by atoms with Crippen molar-refractivity contribution in [2.45, 2.75) is 12.8 Å². The van der Waals surface area contributed by atoms with Gasteiger partial charge in [0.15, 0.2) is 0 Å². The summed E-state index contributed by atoms with van der Waals surface area (Å²) in [5.41, 5.74) is 1.10. The summed E-state index contributed by atoms with van der Waals surface area (Å²) >= 11 is 0. The summed E-state index contributed by atoms with van der Waals surface area (Å²) in [6.07, 6.45) is 1.26. The Labute approximate surface area is 156 Å². The molecule has 0 radical (unpaired) electrons. The molecule has 2 aromatic carbocycles. The maximum absolute atomic E-state index is 12.4. The summed E-state index contributed by atoms with van der Waals surface area (Å²) in [5.74, 6) is -0.266.